The van der Waals surface area contributed by atoms with E-state index < -0.39 is 11.8 Å². The van der Waals surface area contributed by atoms with Crippen molar-refractivity contribution in [1.29, 1.82) is 0 Å². The number of imide groups is 1. The van der Waals surface area contributed by atoms with E-state index in [0.717, 1.165) is 11.3 Å². The summed E-state index contributed by atoms with van der Waals surface area (Å²) in [5.74, 6) is -0.224. The Balaban J connectivity index is 1.24. The third-order valence-corrected chi connectivity index (χ3v) is 6.65. The van der Waals surface area contributed by atoms with Gasteiger partial charge in [-0.25, -0.2) is 0 Å². The van der Waals surface area contributed by atoms with Gasteiger partial charge in [-0.15, -0.1) is 0 Å². The Kier molecular flexibility index (Phi) is 6.16. The monoisotopic (exact) mass is 411 g/mol. The van der Waals surface area contributed by atoms with Crippen molar-refractivity contribution in [1.82, 2.24) is 14.7 Å². The molecule has 0 atom stereocenters. The van der Waals surface area contributed by atoms with Gasteiger partial charge in [0.2, 0.25) is 11.8 Å². The third kappa shape index (κ3) is 4.25. The van der Waals surface area contributed by atoms with Crippen molar-refractivity contribution in [2.24, 2.45) is 5.92 Å². The molecule has 1 saturated carbocycles. The van der Waals surface area contributed by atoms with Crippen LogP contribution < -0.4 is 0 Å². The lowest BCUT2D eigenvalue weighted by Gasteiger charge is -2.35. The molecule has 4 amide bonds. The molecule has 2 fully saturated rings. The van der Waals surface area contributed by atoms with Crippen molar-refractivity contribution in [3.8, 4) is 0 Å². The zero-order valence-corrected chi connectivity index (χ0v) is 17.3. The molecule has 2 heterocycles. The summed E-state index contributed by atoms with van der Waals surface area (Å²) in [4.78, 5) is 54.6. The van der Waals surface area contributed by atoms with Crippen LogP contribution in [0.2, 0.25) is 0 Å². The van der Waals surface area contributed by atoms with Crippen LogP contribution in [0.5, 0.6) is 0 Å². The SMILES string of the molecule is O=C(CCC1CCCCC1)N1CCN(C(=O)CN2C(=O)c3ccccc3C2=O)CC1. The summed E-state index contributed by atoms with van der Waals surface area (Å²) in [5, 5.41) is 0. The number of hydrogen-bond acceptors (Lipinski definition) is 4. The predicted molar refractivity (Wildman–Crippen MR) is 111 cm³/mol. The van der Waals surface area contributed by atoms with Gasteiger partial charge >= 0.3 is 0 Å². The van der Waals surface area contributed by atoms with E-state index in [1.54, 1.807) is 29.2 Å². The second-order valence-corrected chi connectivity index (χ2v) is 8.55. The fraction of sp³-hybridized carbons (Fsp3) is 0.565. The van der Waals surface area contributed by atoms with E-state index in [9.17, 15) is 19.2 Å². The first-order valence-corrected chi connectivity index (χ1v) is 11.1. The summed E-state index contributed by atoms with van der Waals surface area (Å²) in [6.45, 7) is 1.66. The molecule has 7 nitrogen and oxygen atoms in total. The first-order chi connectivity index (χ1) is 14.5. The number of fused-ring (bicyclic) bond motifs is 1. The number of rotatable bonds is 5. The van der Waals surface area contributed by atoms with E-state index in [-0.39, 0.29) is 18.4 Å². The molecular weight excluding hydrogens is 382 g/mol. The second-order valence-electron chi connectivity index (χ2n) is 8.55. The van der Waals surface area contributed by atoms with Crippen LogP contribution in [0.4, 0.5) is 0 Å². The zero-order chi connectivity index (χ0) is 21.1. The Labute approximate surface area is 177 Å². The van der Waals surface area contributed by atoms with Crippen LogP contribution in [0.1, 0.15) is 65.7 Å². The van der Waals surface area contributed by atoms with Crippen molar-refractivity contribution in [3.05, 3.63) is 35.4 Å². The maximum Gasteiger partial charge on any atom is 0.262 e. The van der Waals surface area contributed by atoms with E-state index in [0.29, 0.717) is 49.6 Å². The Hall–Kier alpha value is -2.70. The average molecular weight is 412 g/mol. The number of carbonyl (C=O) groups is 4. The first-order valence-electron chi connectivity index (χ1n) is 11.1. The van der Waals surface area contributed by atoms with Crippen LogP contribution in [-0.4, -0.2) is 71.1 Å². The maximum absolute atomic E-state index is 12.7. The van der Waals surface area contributed by atoms with E-state index in [4.69, 9.17) is 0 Å². The molecule has 1 saturated heterocycles. The summed E-state index contributed by atoms with van der Waals surface area (Å²) in [6.07, 6.45) is 7.94. The molecule has 1 aromatic carbocycles. The average Bonchev–Trinajstić information content (AvgIpc) is 3.03. The van der Waals surface area contributed by atoms with Crippen LogP contribution in [0, 0.1) is 5.92 Å². The summed E-state index contributed by atoms with van der Waals surface area (Å²) >= 11 is 0. The largest absolute Gasteiger partial charge is 0.339 e. The molecule has 0 N–H and O–H groups in total. The minimum atomic E-state index is -0.416. The molecule has 160 valence electrons. The van der Waals surface area contributed by atoms with Crippen LogP contribution in [0.15, 0.2) is 24.3 Å². The molecule has 7 heteroatoms. The van der Waals surface area contributed by atoms with Gasteiger partial charge in [0.15, 0.2) is 0 Å². The quantitative estimate of drug-likeness (QED) is 0.697. The molecule has 0 unspecified atom stereocenters. The fourth-order valence-electron chi connectivity index (χ4n) is 4.78. The van der Waals surface area contributed by atoms with Crippen molar-refractivity contribution in [2.75, 3.05) is 32.7 Å². The topological polar surface area (TPSA) is 78.0 Å². The van der Waals surface area contributed by atoms with Crippen molar-refractivity contribution >= 4 is 23.6 Å². The lowest BCUT2D eigenvalue weighted by molar-refractivity contribution is -0.139. The Morgan fingerprint density at radius 3 is 1.90 bits per heavy atom. The van der Waals surface area contributed by atoms with Gasteiger partial charge in [0.1, 0.15) is 6.54 Å². The van der Waals surface area contributed by atoms with Gasteiger partial charge in [0, 0.05) is 32.6 Å². The molecule has 1 aliphatic carbocycles. The van der Waals surface area contributed by atoms with Crippen LogP contribution in [0.25, 0.3) is 0 Å². The molecule has 0 aromatic heterocycles. The highest BCUT2D eigenvalue weighted by atomic mass is 16.2. The third-order valence-electron chi connectivity index (χ3n) is 6.65. The van der Waals surface area contributed by atoms with Gasteiger partial charge in [0.25, 0.3) is 11.8 Å². The highest BCUT2D eigenvalue weighted by molar-refractivity contribution is 6.22. The van der Waals surface area contributed by atoms with E-state index in [1.165, 1.54) is 32.1 Å². The molecule has 2 aliphatic heterocycles. The zero-order valence-electron chi connectivity index (χ0n) is 17.3. The summed E-state index contributed by atoms with van der Waals surface area (Å²) in [7, 11) is 0. The van der Waals surface area contributed by atoms with Gasteiger partial charge < -0.3 is 9.80 Å². The minimum absolute atomic E-state index is 0.174. The lowest BCUT2D eigenvalue weighted by Crippen LogP contribution is -2.53. The molecule has 0 radical (unpaired) electrons. The van der Waals surface area contributed by atoms with Crippen molar-refractivity contribution < 1.29 is 19.2 Å². The van der Waals surface area contributed by atoms with Gasteiger partial charge in [-0.1, -0.05) is 44.2 Å². The number of carbonyl (C=O) groups excluding carboxylic acids is 4. The molecule has 4 rings (SSSR count). The molecule has 0 spiro atoms. The Bertz CT molecular complexity index is 804. The normalized spacial score (nSPS) is 19.9. The second kappa shape index (κ2) is 8.98. The lowest BCUT2D eigenvalue weighted by atomic mass is 9.86. The van der Waals surface area contributed by atoms with E-state index >= 15 is 0 Å². The van der Waals surface area contributed by atoms with Gasteiger partial charge in [-0.05, 0) is 24.5 Å². The fourth-order valence-corrected chi connectivity index (χ4v) is 4.78. The van der Waals surface area contributed by atoms with Crippen LogP contribution in [0.3, 0.4) is 0 Å². The Morgan fingerprint density at radius 2 is 1.33 bits per heavy atom. The molecule has 0 bridgehead atoms. The molecule has 30 heavy (non-hydrogen) atoms. The van der Waals surface area contributed by atoms with Gasteiger partial charge in [0.05, 0.1) is 11.1 Å². The number of benzene rings is 1. The number of nitrogens with zero attached hydrogens (tertiary/aromatic N) is 3. The van der Waals surface area contributed by atoms with Gasteiger partial charge in [-0.2, -0.15) is 0 Å². The summed E-state index contributed by atoms with van der Waals surface area (Å²) in [5.41, 5.74) is 0.701. The van der Waals surface area contributed by atoms with Crippen LogP contribution >= 0.6 is 0 Å². The Morgan fingerprint density at radius 1 is 0.800 bits per heavy atom. The van der Waals surface area contributed by atoms with E-state index in [1.807, 2.05) is 4.90 Å². The maximum atomic E-state index is 12.7. The molecule has 1 aromatic rings. The van der Waals surface area contributed by atoms with Crippen molar-refractivity contribution in [2.45, 2.75) is 44.9 Å². The van der Waals surface area contributed by atoms with Gasteiger partial charge in [-0.3, -0.25) is 24.1 Å². The standard InChI is InChI=1S/C23H29N3O4/c27-20(11-10-17-6-2-1-3-7-17)24-12-14-25(15-13-24)21(28)16-26-22(29)18-8-4-5-9-19(18)23(26)30/h4-5,8-9,17H,1-3,6-7,10-16H2. The van der Waals surface area contributed by atoms with Crippen LogP contribution in [-0.2, 0) is 9.59 Å². The van der Waals surface area contributed by atoms with Crippen molar-refractivity contribution in [3.63, 3.8) is 0 Å². The predicted octanol–water partition coefficient (Wildman–Crippen LogP) is 2.31. The highest BCUT2D eigenvalue weighted by Crippen LogP contribution is 2.27. The van der Waals surface area contributed by atoms with E-state index in [2.05, 4.69) is 0 Å². The number of amides is 4. The molecular formula is C23H29N3O4. The number of piperazine rings is 1. The molecule has 3 aliphatic rings. The minimum Gasteiger partial charge on any atom is -0.339 e. The summed E-state index contributed by atoms with van der Waals surface area (Å²) < 4.78 is 0. The first kappa shape index (κ1) is 20.6. The smallest absolute Gasteiger partial charge is 0.262 e. The highest BCUT2D eigenvalue weighted by Gasteiger charge is 2.37. The summed E-state index contributed by atoms with van der Waals surface area (Å²) in [6, 6.07) is 6.63. The number of hydrogen-bond donors (Lipinski definition) is 0.